The van der Waals surface area contributed by atoms with E-state index in [9.17, 15) is 4.79 Å². The number of rotatable bonds is 3. The van der Waals surface area contributed by atoms with E-state index >= 15 is 0 Å². The minimum Gasteiger partial charge on any atom is -0.267 e. The maximum Gasteiger partial charge on any atom is 0.271 e. The van der Waals surface area contributed by atoms with Crippen molar-refractivity contribution in [3.8, 4) is 0 Å². The van der Waals surface area contributed by atoms with Gasteiger partial charge in [-0.1, -0.05) is 51.3 Å². The Morgan fingerprint density at radius 3 is 2.70 bits per heavy atom. The lowest BCUT2D eigenvalue weighted by atomic mass is 10.2. The molecule has 0 saturated heterocycles. The zero-order valence-corrected chi connectivity index (χ0v) is 13.2. The molecule has 2 rings (SSSR count). The van der Waals surface area contributed by atoms with Crippen molar-refractivity contribution in [3.05, 3.63) is 68.1 Å². The lowest BCUT2D eigenvalue weighted by Gasteiger charge is -2.01. The average molecular weight is 372 g/mol. The molecule has 2 aromatic rings. The second kappa shape index (κ2) is 6.88. The zero-order valence-electron chi connectivity index (χ0n) is 10.1. The van der Waals surface area contributed by atoms with Crippen LogP contribution < -0.4 is 5.43 Å². The molecule has 0 heterocycles. The van der Waals surface area contributed by atoms with E-state index in [4.69, 9.17) is 23.2 Å². The average Bonchev–Trinajstić information content (AvgIpc) is 2.41. The van der Waals surface area contributed by atoms with Crippen molar-refractivity contribution >= 4 is 51.3 Å². The number of nitrogens with one attached hydrogen (secondary N) is 1. The second-order valence-corrected chi connectivity index (χ2v) is 5.63. The third kappa shape index (κ3) is 4.07. The maximum absolute atomic E-state index is 11.8. The van der Waals surface area contributed by atoms with Crippen LogP contribution in [-0.4, -0.2) is 12.1 Å². The van der Waals surface area contributed by atoms with Crippen LogP contribution in [0.15, 0.2) is 52.0 Å². The summed E-state index contributed by atoms with van der Waals surface area (Å²) >= 11 is 15.1. The molecule has 0 saturated carbocycles. The van der Waals surface area contributed by atoms with E-state index < -0.39 is 0 Å². The Labute approximate surface area is 134 Å². The smallest absolute Gasteiger partial charge is 0.267 e. The summed E-state index contributed by atoms with van der Waals surface area (Å²) in [6.07, 6.45) is 1.47. The SMILES string of the molecule is O=C(N/N=C/c1ccc(Cl)cc1Cl)c1cccc(Br)c1. The van der Waals surface area contributed by atoms with Gasteiger partial charge in [0.05, 0.1) is 11.2 Å². The van der Waals surface area contributed by atoms with E-state index in [0.717, 1.165) is 4.47 Å². The summed E-state index contributed by atoms with van der Waals surface area (Å²) in [5.74, 6) is -0.298. The molecule has 0 spiro atoms. The molecule has 0 bridgehead atoms. The molecule has 1 amide bonds. The standard InChI is InChI=1S/C14H9BrCl2N2O/c15-11-3-1-2-9(6-11)14(20)19-18-8-10-4-5-12(16)7-13(10)17/h1-8H,(H,19,20)/b18-8+. The second-order valence-electron chi connectivity index (χ2n) is 3.88. The molecule has 0 aliphatic rings. The minimum absolute atomic E-state index is 0.298. The molecular weight excluding hydrogens is 363 g/mol. The van der Waals surface area contributed by atoms with Crippen LogP contribution in [0.5, 0.6) is 0 Å². The van der Waals surface area contributed by atoms with Crippen molar-refractivity contribution in [3.63, 3.8) is 0 Å². The van der Waals surface area contributed by atoms with Crippen molar-refractivity contribution < 1.29 is 4.79 Å². The number of hydrazone groups is 1. The number of carbonyl (C=O) groups is 1. The van der Waals surface area contributed by atoms with Crippen LogP contribution in [0.25, 0.3) is 0 Å². The van der Waals surface area contributed by atoms with Crippen LogP contribution >= 0.6 is 39.1 Å². The molecule has 20 heavy (non-hydrogen) atoms. The van der Waals surface area contributed by atoms with Gasteiger partial charge in [-0.2, -0.15) is 5.10 Å². The largest absolute Gasteiger partial charge is 0.271 e. The van der Waals surface area contributed by atoms with E-state index in [2.05, 4.69) is 26.5 Å². The van der Waals surface area contributed by atoms with Crippen LogP contribution in [0.2, 0.25) is 10.0 Å². The summed E-state index contributed by atoms with van der Waals surface area (Å²) in [6.45, 7) is 0. The normalized spacial score (nSPS) is 10.8. The van der Waals surface area contributed by atoms with Gasteiger partial charge in [-0.15, -0.1) is 0 Å². The maximum atomic E-state index is 11.8. The number of carbonyl (C=O) groups excluding carboxylic acids is 1. The molecule has 0 atom stereocenters. The van der Waals surface area contributed by atoms with Gasteiger partial charge in [-0.3, -0.25) is 4.79 Å². The number of halogens is 3. The Kier molecular flexibility index (Phi) is 5.17. The van der Waals surface area contributed by atoms with E-state index in [1.54, 1.807) is 36.4 Å². The van der Waals surface area contributed by atoms with Crippen LogP contribution in [0.3, 0.4) is 0 Å². The molecule has 2 aromatic carbocycles. The van der Waals surface area contributed by atoms with Crippen molar-refractivity contribution in [1.29, 1.82) is 0 Å². The fourth-order valence-corrected chi connectivity index (χ4v) is 2.32. The first kappa shape index (κ1) is 15.0. The van der Waals surface area contributed by atoms with Gasteiger partial charge in [0.15, 0.2) is 0 Å². The van der Waals surface area contributed by atoms with Crippen molar-refractivity contribution in [2.24, 2.45) is 5.10 Å². The van der Waals surface area contributed by atoms with Gasteiger partial charge < -0.3 is 0 Å². The third-order valence-electron chi connectivity index (χ3n) is 2.42. The molecule has 0 aliphatic carbocycles. The molecule has 0 radical (unpaired) electrons. The van der Waals surface area contributed by atoms with Gasteiger partial charge in [0.2, 0.25) is 0 Å². The molecule has 0 unspecified atom stereocenters. The molecule has 0 aliphatic heterocycles. The fourth-order valence-electron chi connectivity index (χ4n) is 1.46. The van der Waals surface area contributed by atoms with Crippen LogP contribution in [0, 0.1) is 0 Å². The number of amides is 1. The Balaban J connectivity index is 2.04. The Hall–Kier alpha value is -1.36. The van der Waals surface area contributed by atoms with Gasteiger partial charge in [0, 0.05) is 20.6 Å². The van der Waals surface area contributed by atoms with E-state index in [1.807, 2.05) is 6.07 Å². The third-order valence-corrected chi connectivity index (χ3v) is 3.47. The van der Waals surface area contributed by atoms with Crippen molar-refractivity contribution in [2.75, 3.05) is 0 Å². The monoisotopic (exact) mass is 370 g/mol. The molecule has 0 fully saturated rings. The van der Waals surface area contributed by atoms with Crippen LogP contribution in [-0.2, 0) is 0 Å². The number of nitrogens with zero attached hydrogens (tertiary/aromatic N) is 1. The van der Waals surface area contributed by atoms with Gasteiger partial charge in [-0.25, -0.2) is 5.43 Å². The molecule has 6 heteroatoms. The zero-order chi connectivity index (χ0) is 14.5. The number of hydrogen-bond acceptors (Lipinski definition) is 2. The predicted octanol–water partition coefficient (Wildman–Crippen LogP) is 4.52. The summed E-state index contributed by atoms with van der Waals surface area (Å²) in [6, 6.07) is 12.1. The molecule has 102 valence electrons. The van der Waals surface area contributed by atoms with Gasteiger partial charge >= 0.3 is 0 Å². The highest BCUT2D eigenvalue weighted by atomic mass is 79.9. The van der Waals surface area contributed by atoms with Crippen molar-refractivity contribution in [1.82, 2.24) is 5.43 Å². The summed E-state index contributed by atoms with van der Waals surface area (Å²) in [7, 11) is 0. The lowest BCUT2D eigenvalue weighted by molar-refractivity contribution is 0.0955. The number of benzene rings is 2. The van der Waals surface area contributed by atoms with Gasteiger partial charge in [-0.05, 0) is 30.3 Å². The van der Waals surface area contributed by atoms with Gasteiger partial charge in [0.1, 0.15) is 0 Å². The highest BCUT2D eigenvalue weighted by Gasteiger charge is 2.04. The number of hydrogen-bond donors (Lipinski definition) is 1. The molecule has 3 nitrogen and oxygen atoms in total. The molecular formula is C14H9BrCl2N2O. The first-order chi connectivity index (χ1) is 9.56. The summed E-state index contributed by atoms with van der Waals surface area (Å²) in [5.41, 5.74) is 3.62. The summed E-state index contributed by atoms with van der Waals surface area (Å²) in [5, 5.41) is 4.89. The lowest BCUT2D eigenvalue weighted by Crippen LogP contribution is -2.17. The predicted molar refractivity (Wildman–Crippen MR) is 85.7 cm³/mol. The fraction of sp³-hybridized carbons (Fsp3) is 0. The van der Waals surface area contributed by atoms with E-state index in [1.165, 1.54) is 6.21 Å². The topological polar surface area (TPSA) is 41.5 Å². The van der Waals surface area contributed by atoms with Gasteiger partial charge in [0.25, 0.3) is 5.91 Å². The molecule has 1 N–H and O–H groups in total. The summed E-state index contributed by atoms with van der Waals surface area (Å²) in [4.78, 5) is 11.8. The van der Waals surface area contributed by atoms with Crippen LogP contribution in [0.1, 0.15) is 15.9 Å². The first-order valence-electron chi connectivity index (χ1n) is 5.60. The quantitative estimate of drug-likeness (QED) is 0.625. The van der Waals surface area contributed by atoms with E-state index in [0.29, 0.717) is 21.2 Å². The molecule has 0 aromatic heterocycles. The minimum atomic E-state index is -0.298. The Bertz CT molecular complexity index is 674. The van der Waals surface area contributed by atoms with Crippen LogP contribution in [0.4, 0.5) is 0 Å². The Morgan fingerprint density at radius 1 is 1.20 bits per heavy atom. The highest BCUT2D eigenvalue weighted by molar-refractivity contribution is 9.10. The first-order valence-corrected chi connectivity index (χ1v) is 7.15. The Morgan fingerprint density at radius 2 is 2.00 bits per heavy atom. The highest BCUT2D eigenvalue weighted by Crippen LogP contribution is 2.19. The van der Waals surface area contributed by atoms with E-state index in [-0.39, 0.29) is 5.91 Å². The van der Waals surface area contributed by atoms with Crippen molar-refractivity contribution in [2.45, 2.75) is 0 Å². The summed E-state index contributed by atoms with van der Waals surface area (Å²) < 4.78 is 0.829.